The standard InChI is InChI=1S/C19H21ClFN3O2/c1-26-16-5-2-14(3-6-16)13-22-19(25)24-10-8-23(9-11-24)15-4-7-18(21)17(20)12-15/h2-7,12H,8-11,13H2,1H3,(H,22,25). The van der Waals surface area contributed by atoms with Crippen LogP contribution in [0.3, 0.4) is 0 Å². The number of piperazine rings is 1. The van der Waals surface area contributed by atoms with Crippen LogP contribution in [0.15, 0.2) is 42.5 Å². The van der Waals surface area contributed by atoms with Crippen molar-refractivity contribution in [2.75, 3.05) is 38.2 Å². The molecule has 1 saturated heterocycles. The van der Waals surface area contributed by atoms with Gasteiger partial charge in [-0.15, -0.1) is 0 Å². The van der Waals surface area contributed by atoms with Crippen molar-refractivity contribution >= 4 is 23.3 Å². The quantitative estimate of drug-likeness (QED) is 0.886. The Bertz CT molecular complexity index is 762. The lowest BCUT2D eigenvalue weighted by molar-refractivity contribution is 0.194. The number of methoxy groups -OCH3 is 1. The first kappa shape index (κ1) is 18.3. The maximum Gasteiger partial charge on any atom is 0.317 e. The largest absolute Gasteiger partial charge is 0.497 e. The summed E-state index contributed by atoms with van der Waals surface area (Å²) in [5.74, 6) is 0.365. The number of halogens is 2. The molecule has 1 aliphatic rings. The molecule has 1 fully saturated rings. The molecule has 0 radical (unpaired) electrons. The molecule has 2 aromatic carbocycles. The molecule has 1 N–H and O–H groups in total. The molecule has 7 heteroatoms. The molecule has 3 rings (SSSR count). The molecule has 1 aliphatic heterocycles. The molecule has 5 nitrogen and oxygen atoms in total. The van der Waals surface area contributed by atoms with Crippen molar-refractivity contribution in [3.05, 3.63) is 58.9 Å². The zero-order valence-electron chi connectivity index (χ0n) is 14.5. The van der Waals surface area contributed by atoms with Crippen molar-refractivity contribution in [1.29, 1.82) is 0 Å². The summed E-state index contributed by atoms with van der Waals surface area (Å²) >= 11 is 5.85. The van der Waals surface area contributed by atoms with Crippen molar-refractivity contribution < 1.29 is 13.9 Å². The molecule has 26 heavy (non-hydrogen) atoms. The number of carbonyl (C=O) groups excluding carboxylic acids is 1. The predicted molar refractivity (Wildman–Crippen MR) is 100 cm³/mol. The normalized spacial score (nSPS) is 14.3. The van der Waals surface area contributed by atoms with Gasteiger partial charge in [-0.25, -0.2) is 9.18 Å². The van der Waals surface area contributed by atoms with Crippen LogP contribution < -0.4 is 15.0 Å². The second-order valence-electron chi connectivity index (χ2n) is 6.08. The maximum atomic E-state index is 13.3. The summed E-state index contributed by atoms with van der Waals surface area (Å²) in [5, 5.41) is 3.05. The first-order valence-electron chi connectivity index (χ1n) is 8.42. The Kier molecular flexibility index (Phi) is 5.83. The van der Waals surface area contributed by atoms with E-state index in [0.29, 0.717) is 32.7 Å². The molecule has 0 aromatic heterocycles. The first-order valence-corrected chi connectivity index (χ1v) is 8.80. The number of anilines is 1. The molecule has 0 saturated carbocycles. The van der Waals surface area contributed by atoms with Crippen molar-refractivity contribution in [2.24, 2.45) is 0 Å². The fourth-order valence-electron chi connectivity index (χ4n) is 2.88. The lowest BCUT2D eigenvalue weighted by atomic mass is 10.2. The summed E-state index contributed by atoms with van der Waals surface area (Å²) in [6.45, 7) is 3.03. The van der Waals surface area contributed by atoms with E-state index in [2.05, 4.69) is 10.2 Å². The van der Waals surface area contributed by atoms with Crippen LogP contribution >= 0.6 is 11.6 Å². The van der Waals surface area contributed by atoms with Crippen molar-refractivity contribution in [1.82, 2.24) is 10.2 Å². The summed E-state index contributed by atoms with van der Waals surface area (Å²) < 4.78 is 18.4. The van der Waals surface area contributed by atoms with Crippen LogP contribution in [0.5, 0.6) is 5.75 Å². The fourth-order valence-corrected chi connectivity index (χ4v) is 3.06. The van der Waals surface area contributed by atoms with Gasteiger partial charge in [-0.3, -0.25) is 0 Å². The molecule has 138 valence electrons. The van der Waals surface area contributed by atoms with Gasteiger partial charge in [-0.05, 0) is 35.9 Å². The SMILES string of the molecule is COc1ccc(CNC(=O)N2CCN(c3ccc(F)c(Cl)c3)CC2)cc1. The van der Waals surface area contributed by atoms with E-state index in [1.807, 2.05) is 24.3 Å². The Hall–Kier alpha value is -2.47. The van der Waals surface area contributed by atoms with E-state index < -0.39 is 5.82 Å². The highest BCUT2D eigenvalue weighted by Gasteiger charge is 2.21. The monoisotopic (exact) mass is 377 g/mol. The van der Waals surface area contributed by atoms with Gasteiger partial charge in [0, 0.05) is 38.4 Å². The van der Waals surface area contributed by atoms with E-state index in [4.69, 9.17) is 16.3 Å². The smallest absolute Gasteiger partial charge is 0.317 e. The molecule has 0 aliphatic carbocycles. The Morgan fingerprint density at radius 1 is 1.15 bits per heavy atom. The van der Waals surface area contributed by atoms with Crippen LogP contribution in [-0.4, -0.2) is 44.2 Å². The van der Waals surface area contributed by atoms with Crippen molar-refractivity contribution in [2.45, 2.75) is 6.54 Å². The molecule has 0 bridgehead atoms. The molecule has 0 unspecified atom stereocenters. The minimum Gasteiger partial charge on any atom is -0.497 e. The second-order valence-corrected chi connectivity index (χ2v) is 6.49. The van der Waals surface area contributed by atoms with Crippen LogP contribution in [0.1, 0.15) is 5.56 Å². The summed E-state index contributed by atoms with van der Waals surface area (Å²) in [6, 6.07) is 12.2. The third-order valence-electron chi connectivity index (χ3n) is 4.44. The number of amides is 2. The highest BCUT2D eigenvalue weighted by Crippen LogP contribution is 2.23. The predicted octanol–water partition coefficient (Wildman–Crippen LogP) is 3.52. The summed E-state index contributed by atoms with van der Waals surface area (Å²) in [7, 11) is 1.62. The highest BCUT2D eigenvalue weighted by molar-refractivity contribution is 6.31. The number of nitrogens with one attached hydrogen (secondary N) is 1. The molecule has 2 aromatic rings. The van der Waals surface area contributed by atoms with Gasteiger partial charge in [-0.2, -0.15) is 0 Å². The Labute approximate surface area is 157 Å². The Balaban J connectivity index is 1.49. The molecule has 0 spiro atoms. The van der Waals surface area contributed by atoms with E-state index in [1.54, 1.807) is 24.1 Å². The summed E-state index contributed by atoms with van der Waals surface area (Å²) in [4.78, 5) is 16.2. The number of carbonyl (C=O) groups is 1. The topological polar surface area (TPSA) is 44.8 Å². The average Bonchev–Trinajstić information content (AvgIpc) is 2.69. The van der Waals surface area contributed by atoms with E-state index in [1.165, 1.54) is 6.07 Å². The summed E-state index contributed by atoms with van der Waals surface area (Å²) in [5.41, 5.74) is 1.88. The first-order chi connectivity index (χ1) is 12.6. The lowest BCUT2D eigenvalue weighted by Gasteiger charge is -2.36. The third-order valence-corrected chi connectivity index (χ3v) is 4.73. The van der Waals surface area contributed by atoms with Crippen LogP contribution in [0.4, 0.5) is 14.9 Å². The Morgan fingerprint density at radius 2 is 1.85 bits per heavy atom. The molecule has 0 atom stereocenters. The van der Waals surface area contributed by atoms with Crippen LogP contribution in [0, 0.1) is 5.82 Å². The van der Waals surface area contributed by atoms with Crippen LogP contribution in [-0.2, 0) is 6.54 Å². The van der Waals surface area contributed by atoms with Gasteiger partial charge >= 0.3 is 6.03 Å². The van der Waals surface area contributed by atoms with Gasteiger partial charge in [0.25, 0.3) is 0 Å². The minimum absolute atomic E-state index is 0.0855. The second kappa shape index (κ2) is 8.27. The Morgan fingerprint density at radius 3 is 2.46 bits per heavy atom. The van der Waals surface area contributed by atoms with Crippen molar-refractivity contribution in [3.63, 3.8) is 0 Å². The van der Waals surface area contributed by atoms with Gasteiger partial charge in [0.1, 0.15) is 11.6 Å². The highest BCUT2D eigenvalue weighted by atomic mass is 35.5. The number of nitrogens with zero attached hydrogens (tertiary/aromatic N) is 2. The number of rotatable bonds is 4. The van der Waals surface area contributed by atoms with Gasteiger partial charge in [0.2, 0.25) is 0 Å². The molecule has 2 amide bonds. The van der Waals surface area contributed by atoms with Crippen LogP contribution in [0.2, 0.25) is 5.02 Å². The minimum atomic E-state index is -0.424. The molecular weight excluding hydrogens is 357 g/mol. The zero-order chi connectivity index (χ0) is 18.5. The van der Waals surface area contributed by atoms with Gasteiger partial charge in [0.05, 0.1) is 12.1 Å². The summed E-state index contributed by atoms with van der Waals surface area (Å²) in [6.07, 6.45) is 0. The number of hydrogen-bond acceptors (Lipinski definition) is 3. The third kappa shape index (κ3) is 4.38. The van der Waals surface area contributed by atoms with Crippen molar-refractivity contribution in [3.8, 4) is 5.75 Å². The van der Waals surface area contributed by atoms with E-state index >= 15 is 0 Å². The van der Waals surface area contributed by atoms with Gasteiger partial charge in [0.15, 0.2) is 0 Å². The van der Waals surface area contributed by atoms with E-state index in [-0.39, 0.29) is 11.1 Å². The zero-order valence-corrected chi connectivity index (χ0v) is 15.3. The van der Waals surface area contributed by atoms with Gasteiger partial charge in [-0.1, -0.05) is 23.7 Å². The number of hydrogen-bond donors (Lipinski definition) is 1. The average molecular weight is 378 g/mol. The molecular formula is C19H21ClFN3O2. The molecule has 1 heterocycles. The van der Waals surface area contributed by atoms with Gasteiger partial charge < -0.3 is 19.9 Å². The number of ether oxygens (including phenoxy) is 1. The number of urea groups is 1. The fraction of sp³-hybridized carbons (Fsp3) is 0.316. The van der Waals surface area contributed by atoms with E-state index in [0.717, 1.165) is 17.0 Å². The lowest BCUT2D eigenvalue weighted by Crippen LogP contribution is -2.51. The number of benzene rings is 2. The van der Waals surface area contributed by atoms with Crippen LogP contribution in [0.25, 0.3) is 0 Å². The van der Waals surface area contributed by atoms with E-state index in [9.17, 15) is 9.18 Å². The maximum absolute atomic E-state index is 13.3.